The Balaban J connectivity index is 1.17. The van der Waals surface area contributed by atoms with Crippen molar-refractivity contribution in [1.29, 1.82) is 0 Å². The van der Waals surface area contributed by atoms with Crippen LogP contribution in [0.25, 0.3) is 24.3 Å². The Labute approximate surface area is 416 Å². The monoisotopic (exact) mass is 990 g/mol. The lowest BCUT2D eigenvalue weighted by Crippen LogP contribution is -2.22. The number of nitrogens with one attached hydrogen (secondary N) is 2. The number of halogens is 2. The van der Waals surface area contributed by atoms with Crippen molar-refractivity contribution < 1.29 is 57.6 Å². The first-order valence-electron chi connectivity index (χ1n) is 21.5. The van der Waals surface area contributed by atoms with Gasteiger partial charge < -0.3 is 48.9 Å². The van der Waals surface area contributed by atoms with E-state index in [1.54, 1.807) is 88.9 Å². The maximum absolute atomic E-state index is 14.1. The van der Waals surface area contributed by atoms with Gasteiger partial charge in [0.25, 0.3) is 5.75 Å². The molecule has 364 valence electrons. The molecule has 70 heavy (non-hydrogen) atoms. The number of aromatic hydroxyl groups is 1. The van der Waals surface area contributed by atoms with Gasteiger partial charge in [-0.2, -0.15) is 0 Å². The molecule has 3 N–H and O–H groups in total. The summed E-state index contributed by atoms with van der Waals surface area (Å²) in [7, 11) is 10.6. The number of allylic oxidation sites excluding steroid dienone is 1. The van der Waals surface area contributed by atoms with Crippen LogP contribution in [0.3, 0.4) is 0 Å². The Morgan fingerprint density at radius 3 is 1.60 bits per heavy atom. The van der Waals surface area contributed by atoms with Crippen molar-refractivity contribution >= 4 is 70.4 Å². The number of hydrogen-bond donors (Lipinski definition) is 3. The molecule has 6 aromatic rings. The van der Waals surface area contributed by atoms with Gasteiger partial charge in [0.05, 0.1) is 65.4 Å². The van der Waals surface area contributed by atoms with E-state index in [0.717, 1.165) is 11.1 Å². The minimum Gasteiger partial charge on any atom is -0.508 e. The van der Waals surface area contributed by atoms with Crippen LogP contribution in [-0.4, -0.2) is 73.0 Å². The van der Waals surface area contributed by atoms with E-state index in [2.05, 4.69) is 10.6 Å². The van der Waals surface area contributed by atoms with Crippen molar-refractivity contribution in [2.75, 3.05) is 66.9 Å². The van der Waals surface area contributed by atoms with E-state index < -0.39 is 5.92 Å². The first-order valence-corrected chi connectivity index (χ1v) is 22.3. The average Bonchev–Trinajstić information content (AvgIpc) is 3.38. The third-order valence-electron chi connectivity index (χ3n) is 10.8. The number of Topliss-reactive ketones (excluding diaryl/α,β-unsaturated/α-hetero) is 1. The summed E-state index contributed by atoms with van der Waals surface area (Å²) in [6.07, 6.45) is 10.3. The normalized spacial score (nSPS) is 11.6. The fourth-order valence-electron chi connectivity index (χ4n) is 7.03. The van der Waals surface area contributed by atoms with E-state index in [1.807, 2.05) is 36.4 Å². The molecule has 0 amide bonds. The number of phenols is 1. The SMILES string of the molecule is COc1cc(N/C=C\C(=O)c2ccc(O)cc2)c(/C=C\c2cc(OC)c(OOc3ccccc3C(=O)C(C)CNc3cc(OC)c(Cl)cc3/C=C\c3cc(OC)c(OC)c(OC)c3)c(OC)c2)cc1Cl. The number of carbonyl (C=O) groups is 2. The number of benzene rings is 6. The largest absolute Gasteiger partial charge is 0.508 e. The number of para-hydroxylation sites is 1. The van der Waals surface area contributed by atoms with E-state index >= 15 is 0 Å². The van der Waals surface area contributed by atoms with E-state index in [-0.39, 0.29) is 52.4 Å². The Morgan fingerprint density at radius 1 is 0.571 bits per heavy atom. The maximum atomic E-state index is 14.1. The molecule has 0 bridgehead atoms. The summed E-state index contributed by atoms with van der Waals surface area (Å²) in [4.78, 5) is 38.6. The number of ether oxygens (including phenoxy) is 7. The molecule has 0 aliphatic rings. The molecular weight excluding hydrogens is 940 g/mol. The molecule has 1 atom stereocenters. The van der Waals surface area contributed by atoms with Crippen LogP contribution in [0.2, 0.25) is 10.0 Å². The van der Waals surface area contributed by atoms with Gasteiger partial charge in [-0.05, 0) is 95.1 Å². The van der Waals surface area contributed by atoms with Crippen molar-refractivity contribution in [3.63, 3.8) is 0 Å². The van der Waals surface area contributed by atoms with Gasteiger partial charge in [-0.3, -0.25) is 19.4 Å². The van der Waals surface area contributed by atoms with Crippen molar-refractivity contribution in [3.05, 3.63) is 153 Å². The van der Waals surface area contributed by atoms with Gasteiger partial charge in [-0.15, -0.1) is 0 Å². The number of anilines is 2. The van der Waals surface area contributed by atoms with Crippen molar-refractivity contribution in [2.45, 2.75) is 6.92 Å². The van der Waals surface area contributed by atoms with Crippen LogP contribution in [0.1, 0.15) is 49.9 Å². The Bertz CT molecular complexity index is 2870. The second kappa shape index (κ2) is 24.4. The zero-order valence-corrected chi connectivity index (χ0v) is 41.2. The fraction of sp³-hybridized carbons (Fsp3) is 0.185. The minimum absolute atomic E-state index is 0.0635. The molecule has 14 nitrogen and oxygen atoms in total. The summed E-state index contributed by atoms with van der Waals surface area (Å²) in [6.45, 7) is 2.04. The lowest BCUT2D eigenvalue weighted by atomic mass is 9.98. The van der Waals surface area contributed by atoms with Crippen molar-refractivity contribution in [3.8, 4) is 57.5 Å². The number of hydrogen-bond acceptors (Lipinski definition) is 14. The molecule has 0 aromatic heterocycles. The second-order valence-electron chi connectivity index (χ2n) is 15.2. The predicted molar refractivity (Wildman–Crippen MR) is 274 cm³/mol. The van der Waals surface area contributed by atoms with Crippen molar-refractivity contribution in [1.82, 2.24) is 0 Å². The highest BCUT2D eigenvalue weighted by atomic mass is 35.5. The smallest absolute Gasteiger partial charge is 0.261 e. The first kappa shape index (κ1) is 51.5. The molecule has 0 spiro atoms. The van der Waals surface area contributed by atoms with Crippen LogP contribution < -0.4 is 53.6 Å². The zero-order chi connectivity index (χ0) is 50.3. The van der Waals surface area contributed by atoms with E-state index in [9.17, 15) is 14.7 Å². The number of ketones is 2. The molecule has 0 aliphatic carbocycles. The number of carbonyl (C=O) groups excluding carboxylic acids is 2. The third kappa shape index (κ3) is 12.6. The standard InChI is InChI=1S/C54H52Cl2N2O12/c1-32(31-58-43-30-47(63-3)41(56)28-37(43)16-14-33-23-48(64-4)53(68-8)49(24-33)65-5)52(61)39-11-9-10-12-45(39)69-70-54-50(66-6)25-34(26-51(54)67-7)13-15-36-27-40(55)46(62-2)29-42(36)57-22-21-44(60)35-17-19-38(59)20-18-35/h9-30,32,57-59H,31H2,1-8H3/b15-13-,16-14-,22-21-. The molecule has 0 radical (unpaired) electrons. The third-order valence-corrected chi connectivity index (χ3v) is 11.4. The molecule has 0 aliphatic heterocycles. The summed E-state index contributed by atoms with van der Waals surface area (Å²) in [5, 5.41) is 16.9. The lowest BCUT2D eigenvalue weighted by molar-refractivity contribution is -0.104. The molecular formula is C54H52Cl2N2O12. The Hall–Kier alpha value is -7.94. The summed E-state index contributed by atoms with van der Waals surface area (Å²) in [5.41, 5.74) is 4.80. The predicted octanol–water partition coefficient (Wildman–Crippen LogP) is 12.2. The molecule has 0 fully saturated rings. The van der Waals surface area contributed by atoms with Crippen LogP contribution in [0.5, 0.6) is 57.5 Å². The highest BCUT2D eigenvalue weighted by molar-refractivity contribution is 6.32. The van der Waals surface area contributed by atoms with Gasteiger partial charge in [0, 0.05) is 53.8 Å². The highest BCUT2D eigenvalue weighted by Gasteiger charge is 2.23. The minimum atomic E-state index is -0.547. The molecule has 1 unspecified atom stereocenters. The van der Waals surface area contributed by atoms with E-state index in [1.165, 1.54) is 65.0 Å². The first-order chi connectivity index (χ1) is 33.8. The fourth-order valence-corrected chi connectivity index (χ4v) is 7.53. The molecule has 0 saturated heterocycles. The second-order valence-corrected chi connectivity index (χ2v) is 16.0. The summed E-state index contributed by atoms with van der Waals surface area (Å²) >= 11 is 13.1. The summed E-state index contributed by atoms with van der Waals surface area (Å²) < 4.78 is 38.9. The van der Waals surface area contributed by atoms with Crippen LogP contribution in [0, 0.1) is 5.92 Å². The van der Waals surface area contributed by atoms with Gasteiger partial charge in [0.2, 0.25) is 5.75 Å². The average molecular weight is 992 g/mol. The molecule has 6 rings (SSSR count). The van der Waals surface area contributed by atoms with Gasteiger partial charge in [0.1, 0.15) is 17.2 Å². The molecule has 0 heterocycles. The van der Waals surface area contributed by atoms with Crippen LogP contribution in [-0.2, 0) is 0 Å². The number of rotatable bonds is 23. The van der Waals surface area contributed by atoms with Gasteiger partial charge in [-0.25, -0.2) is 0 Å². The topological polar surface area (TPSA) is 162 Å². The number of phenolic OH excluding ortho intramolecular Hbond substituents is 1. The highest BCUT2D eigenvalue weighted by Crippen LogP contribution is 2.42. The van der Waals surface area contributed by atoms with E-state index in [4.69, 9.17) is 66.1 Å². The Kier molecular flexibility index (Phi) is 17.9. The van der Waals surface area contributed by atoms with Gasteiger partial charge in [0.15, 0.2) is 40.3 Å². The van der Waals surface area contributed by atoms with Crippen molar-refractivity contribution in [2.24, 2.45) is 5.92 Å². The molecule has 6 aromatic carbocycles. The molecule has 16 heteroatoms. The van der Waals surface area contributed by atoms with Gasteiger partial charge in [-0.1, -0.05) is 66.6 Å². The quantitative estimate of drug-likeness (QED) is 0.0183. The van der Waals surface area contributed by atoms with E-state index in [0.29, 0.717) is 66.9 Å². The van der Waals surface area contributed by atoms with Crippen LogP contribution >= 0.6 is 23.2 Å². The lowest BCUT2D eigenvalue weighted by Gasteiger charge is -2.18. The van der Waals surface area contributed by atoms with Gasteiger partial charge >= 0.3 is 0 Å². The summed E-state index contributed by atoms with van der Waals surface area (Å²) in [5.74, 6) is 2.25. The number of methoxy groups -OCH3 is 7. The summed E-state index contributed by atoms with van der Waals surface area (Å²) in [6, 6.07) is 26.8. The maximum Gasteiger partial charge on any atom is 0.261 e. The van der Waals surface area contributed by atoms with Crippen LogP contribution in [0.4, 0.5) is 11.4 Å². The van der Waals surface area contributed by atoms with Crippen LogP contribution in [0.15, 0.2) is 109 Å². The zero-order valence-electron chi connectivity index (χ0n) is 39.7. The molecule has 0 saturated carbocycles. The Morgan fingerprint density at radius 2 is 1.07 bits per heavy atom.